The van der Waals surface area contributed by atoms with Gasteiger partial charge >= 0.3 is 0 Å². The molecule has 1 aromatic rings. The third-order valence-corrected chi connectivity index (χ3v) is 4.88. The molecule has 0 spiro atoms. The number of rotatable bonds is 3. The number of aliphatic hydroxyl groups excluding tert-OH is 1. The van der Waals surface area contributed by atoms with Crippen molar-refractivity contribution in [2.75, 3.05) is 6.54 Å². The first-order chi connectivity index (χ1) is 8.98. The average molecular weight is 261 g/mol. The summed E-state index contributed by atoms with van der Waals surface area (Å²) in [5, 5.41) is 10.4. The molecule has 2 rings (SSSR count). The van der Waals surface area contributed by atoms with Crippen molar-refractivity contribution in [3.63, 3.8) is 0 Å². The zero-order valence-corrected chi connectivity index (χ0v) is 12.5. The van der Waals surface area contributed by atoms with Crippen molar-refractivity contribution >= 4 is 0 Å². The maximum atomic E-state index is 10.4. The van der Waals surface area contributed by atoms with E-state index in [1.807, 2.05) is 0 Å². The van der Waals surface area contributed by atoms with Crippen molar-refractivity contribution in [3.8, 4) is 0 Å². The quantitative estimate of drug-likeness (QED) is 0.878. The molecule has 1 aliphatic carbocycles. The topological polar surface area (TPSA) is 46.2 Å². The molecule has 2 atom stereocenters. The highest BCUT2D eigenvalue weighted by atomic mass is 16.3. The largest absolute Gasteiger partial charge is 0.392 e. The van der Waals surface area contributed by atoms with Gasteiger partial charge in [0.15, 0.2) is 0 Å². The van der Waals surface area contributed by atoms with Crippen molar-refractivity contribution in [1.82, 2.24) is 0 Å². The second kappa shape index (κ2) is 5.64. The van der Waals surface area contributed by atoms with Crippen LogP contribution >= 0.6 is 0 Å². The highest BCUT2D eigenvalue weighted by molar-refractivity contribution is 5.38. The molecule has 2 nitrogen and oxygen atoms in total. The molecule has 1 aromatic carbocycles. The molecular formula is C17H27NO. The van der Waals surface area contributed by atoms with Crippen LogP contribution in [0.15, 0.2) is 12.1 Å². The molecule has 0 heterocycles. The van der Waals surface area contributed by atoms with Crippen LogP contribution in [0.2, 0.25) is 0 Å². The van der Waals surface area contributed by atoms with E-state index < -0.39 is 0 Å². The van der Waals surface area contributed by atoms with Crippen molar-refractivity contribution in [2.45, 2.75) is 59.0 Å². The van der Waals surface area contributed by atoms with Gasteiger partial charge in [0.05, 0.1) is 6.10 Å². The van der Waals surface area contributed by atoms with E-state index in [1.165, 1.54) is 28.7 Å². The van der Waals surface area contributed by atoms with Gasteiger partial charge in [-0.1, -0.05) is 30.5 Å². The minimum atomic E-state index is -0.244. The SMILES string of the molecule is Cc1cc(C)c(CC2(CN)CCCCC2O)c(C)c1. The lowest BCUT2D eigenvalue weighted by Gasteiger charge is -2.41. The van der Waals surface area contributed by atoms with Crippen molar-refractivity contribution in [3.05, 3.63) is 34.4 Å². The molecule has 1 aliphatic rings. The molecule has 1 fully saturated rings. The maximum absolute atomic E-state index is 10.4. The average Bonchev–Trinajstić information content (AvgIpc) is 2.36. The van der Waals surface area contributed by atoms with Gasteiger partial charge in [-0.2, -0.15) is 0 Å². The van der Waals surface area contributed by atoms with Crippen molar-refractivity contribution in [1.29, 1.82) is 0 Å². The summed E-state index contributed by atoms with van der Waals surface area (Å²) in [6.45, 7) is 7.07. The van der Waals surface area contributed by atoms with Crippen LogP contribution in [-0.2, 0) is 6.42 Å². The third kappa shape index (κ3) is 2.85. The van der Waals surface area contributed by atoms with Gasteiger partial charge in [-0.15, -0.1) is 0 Å². The number of nitrogens with two attached hydrogens (primary N) is 1. The van der Waals surface area contributed by atoms with Crippen LogP contribution in [0.5, 0.6) is 0 Å². The summed E-state index contributed by atoms with van der Waals surface area (Å²) in [5.41, 5.74) is 11.3. The summed E-state index contributed by atoms with van der Waals surface area (Å²) >= 11 is 0. The van der Waals surface area contributed by atoms with E-state index in [0.717, 1.165) is 25.7 Å². The van der Waals surface area contributed by atoms with Gasteiger partial charge < -0.3 is 10.8 Å². The van der Waals surface area contributed by atoms with E-state index >= 15 is 0 Å². The standard InChI is InChI=1S/C17H27NO/c1-12-8-13(2)15(14(3)9-12)10-17(11-18)7-5-4-6-16(17)19/h8-9,16,19H,4-7,10-11,18H2,1-3H3. The first kappa shape index (κ1) is 14.5. The van der Waals surface area contributed by atoms with Crippen molar-refractivity contribution < 1.29 is 5.11 Å². The summed E-state index contributed by atoms with van der Waals surface area (Å²) in [7, 11) is 0. The molecule has 2 heteroatoms. The molecule has 106 valence electrons. The van der Waals surface area contributed by atoms with Crippen LogP contribution in [0.3, 0.4) is 0 Å². The second-order valence-corrected chi connectivity index (χ2v) is 6.38. The molecule has 3 N–H and O–H groups in total. The van der Waals surface area contributed by atoms with Gasteiger partial charge in [0.1, 0.15) is 0 Å². The Morgan fingerprint density at radius 3 is 2.37 bits per heavy atom. The Hall–Kier alpha value is -0.860. The number of aryl methyl sites for hydroxylation is 3. The maximum Gasteiger partial charge on any atom is 0.0611 e. The summed E-state index contributed by atoms with van der Waals surface area (Å²) in [6, 6.07) is 4.48. The number of hydrogen-bond donors (Lipinski definition) is 2. The highest BCUT2D eigenvalue weighted by Gasteiger charge is 2.39. The van der Waals surface area contributed by atoms with E-state index in [2.05, 4.69) is 32.9 Å². The fourth-order valence-corrected chi connectivity index (χ4v) is 3.64. The first-order valence-corrected chi connectivity index (χ1v) is 7.43. The number of hydrogen-bond acceptors (Lipinski definition) is 2. The predicted octanol–water partition coefficient (Wildman–Crippen LogP) is 3.03. The van der Waals surface area contributed by atoms with E-state index in [0.29, 0.717) is 6.54 Å². The van der Waals surface area contributed by atoms with E-state index in [4.69, 9.17) is 5.73 Å². The predicted molar refractivity (Wildman–Crippen MR) is 80.3 cm³/mol. The molecule has 2 unspecified atom stereocenters. The summed E-state index contributed by atoms with van der Waals surface area (Å²) in [6.07, 6.45) is 4.96. The van der Waals surface area contributed by atoms with Crippen LogP contribution in [0.25, 0.3) is 0 Å². The Kier molecular flexibility index (Phi) is 4.32. The highest BCUT2D eigenvalue weighted by Crippen LogP contribution is 2.40. The molecule has 0 bridgehead atoms. The van der Waals surface area contributed by atoms with Crippen LogP contribution in [-0.4, -0.2) is 17.8 Å². The zero-order chi connectivity index (χ0) is 14.0. The fraction of sp³-hybridized carbons (Fsp3) is 0.647. The third-order valence-electron chi connectivity index (χ3n) is 4.88. The lowest BCUT2D eigenvalue weighted by atomic mass is 9.67. The van der Waals surface area contributed by atoms with Crippen LogP contribution in [0.4, 0.5) is 0 Å². The Morgan fingerprint density at radius 2 is 1.84 bits per heavy atom. The fourth-order valence-electron chi connectivity index (χ4n) is 3.64. The van der Waals surface area contributed by atoms with E-state index in [-0.39, 0.29) is 11.5 Å². The second-order valence-electron chi connectivity index (χ2n) is 6.38. The summed E-state index contributed by atoms with van der Waals surface area (Å²) < 4.78 is 0. The number of benzene rings is 1. The molecule has 0 radical (unpaired) electrons. The molecule has 0 aliphatic heterocycles. The Morgan fingerprint density at radius 1 is 1.21 bits per heavy atom. The van der Waals surface area contributed by atoms with E-state index in [9.17, 15) is 5.11 Å². The minimum absolute atomic E-state index is 0.108. The van der Waals surface area contributed by atoms with Gasteiger partial charge in [-0.3, -0.25) is 0 Å². The van der Waals surface area contributed by atoms with E-state index in [1.54, 1.807) is 0 Å². The molecule has 0 aromatic heterocycles. The molecule has 19 heavy (non-hydrogen) atoms. The number of aliphatic hydroxyl groups is 1. The smallest absolute Gasteiger partial charge is 0.0611 e. The minimum Gasteiger partial charge on any atom is -0.392 e. The molecule has 1 saturated carbocycles. The van der Waals surface area contributed by atoms with Crippen LogP contribution in [0.1, 0.15) is 47.9 Å². The van der Waals surface area contributed by atoms with Gasteiger partial charge in [-0.05, 0) is 56.7 Å². The van der Waals surface area contributed by atoms with Gasteiger partial charge in [-0.25, -0.2) is 0 Å². The molecule has 0 saturated heterocycles. The summed E-state index contributed by atoms with van der Waals surface area (Å²) in [5.74, 6) is 0. The summed E-state index contributed by atoms with van der Waals surface area (Å²) in [4.78, 5) is 0. The lowest BCUT2D eigenvalue weighted by molar-refractivity contribution is -0.00601. The van der Waals surface area contributed by atoms with Gasteiger partial charge in [0.25, 0.3) is 0 Å². The Bertz CT molecular complexity index is 432. The normalized spacial score (nSPS) is 27.5. The molecule has 0 amide bonds. The zero-order valence-electron chi connectivity index (χ0n) is 12.5. The Labute approximate surface area is 117 Å². The van der Waals surface area contributed by atoms with Crippen LogP contribution in [0, 0.1) is 26.2 Å². The van der Waals surface area contributed by atoms with Gasteiger partial charge in [0, 0.05) is 12.0 Å². The lowest BCUT2D eigenvalue weighted by Crippen LogP contribution is -2.46. The monoisotopic (exact) mass is 261 g/mol. The van der Waals surface area contributed by atoms with Gasteiger partial charge in [0.2, 0.25) is 0 Å². The van der Waals surface area contributed by atoms with Crippen molar-refractivity contribution in [2.24, 2.45) is 11.1 Å². The Balaban J connectivity index is 2.33. The first-order valence-electron chi connectivity index (χ1n) is 7.43. The molecular weight excluding hydrogens is 234 g/mol. The van der Waals surface area contributed by atoms with Crippen LogP contribution < -0.4 is 5.73 Å².